The number of esters is 2. The fraction of sp³-hybridized carbons (Fsp3) is 0.400. The quantitative estimate of drug-likeness (QED) is 0.333. The van der Waals surface area contributed by atoms with Crippen LogP contribution in [-0.4, -0.2) is 25.2 Å². The lowest BCUT2D eigenvalue weighted by Crippen LogP contribution is -2.41. The molecule has 0 saturated carbocycles. The zero-order valence-corrected chi connectivity index (χ0v) is 14.6. The molecule has 0 aliphatic heterocycles. The summed E-state index contributed by atoms with van der Waals surface area (Å²) in [6.07, 6.45) is 1.65. The zero-order chi connectivity index (χ0) is 18.0. The number of benzene rings is 1. The van der Waals surface area contributed by atoms with Crippen molar-refractivity contribution in [2.24, 2.45) is 5.41 Å². The summed E-state index contributed by atoms with van der Waals surface area (Å²) in [6, 6.07) is 7.70. The molecule has 0 fully saturated rings. The lowest BCUT2D eigenvalue weighted by Gasteiger charge is -2.26. The van der Waals surface area contributed by atoms with E-state index in [1.807, 2.05) is 31.2 Å². The smallest absolute Gasteiger partial charge is 0.324 e. The summed E-state index contributed by atoms with van der Waals surface area (Å²) in [5.74, 6) is 4.66. The number of allylic oxidation sites excluding steroid dienone is 1. The van der Waals surface area contributed by atoms with Gasteiger partial charge < -0.3 is 9.47 Å². The van der Waals surface area contributed by atoms with Crippen LogP contribution >= 0.6 is 0 Å². The molecule has 0 spiro atoms. The Balaban J connectivity index is 3.11. The Morgan fingerprint density at radius 1 is 1.12 bits per heavy atom. The van der Waals surface area contributed by atoms with Gasteiger partial charge in [0.1, 0.15) is 0 Å². The SMILES string of the molecule is C=CCC(CC#Cc1ccc(C)cc1)(C(=O)OCC)C(=O)OCC. The summed E-state index contributed by atoms with van der Waals surface area (Å²) >= 11 is 0. The van der Waals surface area contributed by atoms with Gasteiger partial charge >= 0.3 is 11.9 Å². The van der Waals surface area contributed by atoms with Crippen LogP contribution in [0.2, 0.25) is 0 Å². The fourth-order valence-corrected chi connectivity index (χ4v) is 2.19. The summed E-state index contributed by atoms with van der Waals surface area (Å²) in [6.45, 7) is 9.39. The van der Waals surface area contributed by atoms with Crippen LogP contribution in [0.15, 0.2) is 36.9 Å². The first kappa shape index (κ1) is 19.5. The molecule has 0 N–H and O–H groups in total. The van der Waals surface area contributed by atoms with E-state index in [0.717, 1.165) is 11.1 Å². The van der Waals surface area contributed by atoms with Gasteiger partial charge in [0.05, 0.1) is 13.2 Å². The Kier molecular flexibility index (Phi) is 7.77. The van der Waals surface area contributed by atoms with Crippen LogP contribution in [0.1, 0.15) is 37.8 Å². The van der Waals surface area contributed by atoms with E-state index in [-0.39, 0.29) is 26.1 Å². The number of ether oxygens (including phenoxy) is 2. The summed E-state index contributed by atoms with van der Waals surface area (Å²) in [4.78, 5) is 24.8. The van der Waals surface area contributed by atoms with Crippen molar-refractivity contribution in [3.05, 3.63) is 48.0 Å². The second kappa shape index (κ2) is 9.57. The van der Waals surface area contributed by atoms with Gasteiger partial charge in [0.15, 0.2) is 5.41 Å². The number of carbonyl (C=O) groups is 2. The molecule has 0 saturated heterocycles. The minimum absolute atomic E-state index is 0.0184. The summed E-state index contributed by atoms with van der Waals surface area (Å²) in [5.41, 5.74) is 0.492. The van der Waals surface area contributed by atoms with Crippen molar-refractivity contribution in [3.8, 4) is 11.8 Å². The highest BCUT2D eigenvalue weighted by Crippen LogP contribution is 2.31. The van der Waals surface area contributed by atoms with Crippen LogP contribution in [-0.2, 0) is 19.1 Å². The Morgan fingerprint density at radius 3 is 2.12 bits per heavy atom. The summed E-state index contributed by atoms with van der Waals surface area (Å²) in [7, 11) is 0. The van der Waals surface area contributed by atoms with Crippen molar-refractivity contribution in [2.75, 3.05) is 13.2 Å². The maximum absolute atomic E-state index is 12.4. The summed E-state index contributed by atoms with van der Waals surface area (Å²) in [5, 5.41) is 0. The van der Waals surface area contributed by atoms with Gasteiger partial charge in [-0.25, -0.2) is 0 Å². The van der Waals surface area contributed by atoms with Gasteiger partial charge in [-0.2, -0.15) is 0 Å². The molecular weight excluding hydrogens is 304 g/mol. The molecule has 0 atom stereocenters. The van der Waals surface area contributed by atoms with Gasteiger partial charge in [-0.1, -0.05) is 35.6 Å². The van der Waals surface area contributed by atoms with Crippen LogP contribution in [0.5, 0.6) is 0 Å². The van der Waals surface area contributed by atoms with E-state index in [0.29, 0.717) is 0 Å². The van der Waals surface area contributed by atoms with Crippen molar-refractivity contribution in [3.63, 3.8) is 0 Å². The van der Waals surface area contributed by atoms with E-state index in [2.05, 4.69) is 18.4 Å². The average molecular weight is 328 g/mol. The Hall–Kier alpha value is -2.54. The molecule has 0 heterocycles. The van der Waals surface area contributed by atoms with Gasteiger partial charge in [0.25, 0.3) is 0 Å². The van der Waals surface area contributed by atoms with Gasteiger partial charge in [-0.15, -0.1) is 6.58 Å². The second-order valence-electron chi connectivity index (χ2n) is 5.36. The second-order valence-corrected chi connectivity index (χ2v) is 5.36. The Labute approximate surface area is 143 Å². The van der Waals surface area contributed by atoms with Gasteiger partial charge in [0, 0.05) is 12.0 Å². The molecule has 0 amide bonds. The van der Waals surface area contributed by atoms with Crippen LogP contribution in [0, 0.1) is 24.2 Å². The van der Waals surface area contributed by atoms with E-state index >= 15 is 0 Å². The van der Waals surface area contributed by atoms with Crippen LogP contribution in [0.3, 0.4) is 0 Å². The Morgan fingerprint density at radius 2 is 1.67 bits per heavy atom. The molecule has 0 radical (unpaired) electrons. The number of aryl methyl sites for hydroxylation is 1. The van der Waals surface area contributed by atoms with E-state index in [1.54, 1.807) is 13.8 Å². The molecule has 128 valence electrons. The van der Waals surface area contributed by atoms with Gasteiger partial charge in [-0.3, -0.25) is 9.59 Å². The molecule has 1 aromatic rings. The Bertz CT molecular complexity index is 614. The number of hydrogen-bond donors (Lipinski definition) is 0. The first-order valence-electron chi connectivity index (χ1n) is 8.01. The van der Waals surface area contributed by atoms with Gasteiger partial charge in [0.2, 0.25) is 0 Å². The summed E-state index contributed by atoms with van der Waals surface area (Å²) < 4.78 is 10.2. The minimum atomic E-state index is -1.47. The van der Waals surface area contributed by atoms with Crippen molar-refractivity contribution in [1.29, 1.82) is 0 Å². The molecule has 0 aliphatic rings. The van der Waals surface area contributed by atoms with E-state index in [9.17, 15) is 9.59 Å². The lowest BCUT2D eigenvalue weighted by atomic mass is 9.81. The van der Waals surface area contributed by atoms with E-state index < -0.39 is 17.4 Å². The number of rotatable bonds is 7. The largest absolute Gasteiger partial charge is 0.465 e. The molecule has 1 rings (SSSR count). The van der Waals surface area contributed by atoms with Crippen molar-refractivity contribution < 1.29 is 19.1 Å². The molecule has 1 aromatic carbocycles. The first-order chi connectivity index (χ1) is 11.5. The fourth-order valence-electron chi connectivity index (χ4n) is 2.19. The van der Waals surface area contributed by atoms with Crippen LogP contribution in [0.4, 0.5) is 0 Å². The molecule has 4 nitrogen and oxygen atoms in total. The van der Waals surface area contributed by atoms with Gasteiger partial charge in [-0.05, 0) is 39.3 Å². The zero-order valence-electron chi connectivity index (χ0n) is 14.6. The number of hydrogen-bond acceptors (Lipinski definition) is 4. The third-order valence-electron chi connectivity index (χ3n) is 3.50. The van der Waals surface area contributed by atoms with Crippen LogP contribution < -0.4 is 0 Å². The highest BCUT2D eigenvalue weighted by Gasteiger charge is 2.47. The maximum atomic E-state index is 12.4. The monoisotopic (exact) mass is 328 g/mol. The molecule has 0 aromatic heterocycles. The molecule has 0 aliphatic carbocycles. The minimum Gasteiger partial charge on any atom is -0.465 e. The van der Waals surface area contributed by atoms with E-state index in [4.69, 9.17) is 9.47 Å². The molecule has 0 unspecified atom stereocenters. The third-order valence-corrected chi connectivity index (χ3v) is 3.50. The van der Waals surface area contributed by atoms with Crippen molar-refractivity contribution in [2.45, 2.75) is 33.6 Å². The lowest BCUT2D eigenvalue weighted by molar-refractivity contribution is -0.171. The highest BCUT2D eigenvalue weighted by molar-refractivity contribution is 6.00. The predicted molar refractivity (Wildman–Crippen MR) is 93.2 cm³/mol. The predicted octanol–water partition coefficient (Wildman–Crippen LogP) is 3.43. The molecule has 4 heteroatoms. The molecule has 24 heavy (non-hydrogen) atoms. The molecular formula is C20H24O4. The highest BCUT2D eigenvalue weighted by atomic mass is 16.6. The van der Waals surface area contributed by atoms with Crippen molar-refractivity contribution in [1.82, 2.24) is 0 Å². The number of carbonyl (C=O) groups excluding carboxylic acids is 2. The van der Waals surface area contributed by atoms with Crippen molar-refractivity contribution >= 4 is 11.9 Å². The normalized spacial score (nSPS) is 10.3. The third kappa shape index (κ3) is 4.99. The molecule has 0 bridgehead atoms. The van der Waals surface area contributed by atoms with E-state index in [1.165, 1.54) is 6.08 Å². The van der Waals surface area contributed by atoms with Crippen LogP contribution in [0.25, 0.3) is 0 Å². The standard InChI is InChI=1S/C20H24O4/c1-5-14-20(18(21)23-6-2,19(22)24-7-3)15-8-9-17-12-10-16(4)11-13-17/h5,10-13H,1,6-7,14-15H2,2-4H3. The average Bonchev–Trinajstić information content (AvgIpc) is 2.56. The maximum Gasteiger partial charge on any atom is 0.324 e. The topological polar surface area (TPSA) is 52.6 Å². The first-order valence-corrected chi connectivity index (χ1v) is 8.01.